The number of hydrogen-bond acceptors (Lipinski definition) is 3. The van der Waals surface area contributed by atoms with E-state index in [4.69, 9.17) is 0 Å². The lowest BCUT2D eigenvalue weighted by Crippen LogP contribution is -2.62. The van der Waals surface area contributed by atoms with Gasteiger partial charge in [-0.1, -0.05) is 30.3 Å². The number of carbonyl (C=O) groups is 2. The number of hydrogen-bond donors (Lipinski definition) is 1. The highest BCUT2D eigenvalue weighted by molar-refractivity contribution is 5.96. The fourth-order valence-electron chi connectivity index (χ4n) is 2.05. The molecule has 0 bridgehead atoms. The Bertz CT molecular complexity index is 461. The number of benzene rings is 1. The van der Waals surface area contributed by atoms with Crippen molar-refractivity contribution in [3.63, 3.8) is 0 Å². The summed E-state index contributed by atoms with van der Waals surface area (Å²) in [4.78, 5) is 25.2. The molecule has 1 aromatic carbocycles. The molecule has 1 fully saturated rings. The van der Waals surface area contributed by atoms with E-state index >= 15 is 0 Å². The lowest BCUT2D eigenvalue weighted by Gasteiger charge is -2.38. The van der Waals surface area contributed by atoms with Crippen LogP contribution in [-0.2, 0) is 16.0 Å². The van der Waals surface area contributed by atoms with E-state index in [0.29, 0.717) is 11.5 Å². The van der Waals surface area contributed by atoms with Crippen LogP contribution in [0.1, 0.15) is 12.5 Å². The number of likely N-dealkylation sites (N-methyl/N-ethyl adjacent to an activating group) is 1. The number of hydroxylamine groups is 2. The number of piperazine rings is 1. The fraction of sp³-hybridized carbons (Fsp3) is 0.385. The van der Waals surface area contributed by atoms with E-state index < -0.39 is 18.0 Å². The Morgan fingerprint density at radius 3 is 2.39 bits per heavy atom. The third-order valence-electron chi connectivity index (χ3n) is 3.36. The van der Waals surface area contributed by atoms with Crippen LogP contribution in [0.3, 0.4) is 0 Å². The average Bonchev–Trinajstić information content (AvgIpc) is 2.40. The van der Waals surface area contributed by atoms with Gasteiger partial charge in [0.2, 0.25) is 5.91 Å². The molecule has 0 radical (unpaired) electrons. The summed E-state index contributed by atoms with van der Waals surface area (Å²) >= 11 is 0. The third kappa shape index (κ3) is 2.09. The Balaban J connectivity index is 2.21. The lowest BCUT2D eigenvalue weighted by molar-refractivity contribution is -0.197. The molecule has 1 saturated heterocycles. The zero-order chi connectivity index (χ0) is 13.3. The molecule has 18 heavy (non-hydrogen) atoms. The summed E-state index contributed by atoms with van der Waals surface area (Å²) in [5, 5.41) is 10.4. The molecule has 96 valence electrons. The largest absolute Gasteiger partial charge is 0.332 e. The second kappa shape index (κ2) is 4.78. The van der Waals surface area contributed by atoms with Crippen molar-refractivity contribution in [3.05, 3.63) is 35.9 Å². The van der Waals surface area contributed by atoms with Gasteiger partial charge in [0, 0.05) is 13.5 Å². The van der Waals surface area contributed by atoms with Crippen LogP contribution >= 0.6 is 0 Å². The normalized spacial score (nSPS) is 24.6. The molecular weight excluding hydrogens is 232 g/mol. The maximum Gasteiger partial charge on any atom is 0.269 e. The van der Waals surface area contributed by atoms with E-state index in [2.05, 4.69) is 0 Å². The number of carbonyl (C=O) groups excluding carboxylic acids is 2. The zero-order valence-corrected chi connectivity index (χ0v) is 10.4. The van der Waals surface area contributed by atoms with Gasteiger partial charge in [-0.2, -0.15) is 0 Å². The summed E-state index contributed by atoms with van der Waals surface area (Å²) in [7, 11) is 1.58. The molecule has 2 atom stereocenters. The second-order valence-corrected chi connectivity index (χ2v) is 4.51. The van der Waals surface area contributed by atoms with E-state index in [1.165, 1.54) is 4.90 Å². The van der Waals surface area contributed by atoms with Crippen LogP contribution in [-0.4, -0.2) is 46.1 Å². The maximum absolute atomic E-state index is 12.1. The predicted molar refractivity (Wildman–Crippen MR) is 64.8 cm³/mol. The molecule has 2 rings (SSSR count). The van der Waals surface area contributed by atoms with Crippen LogP contribution < -0.4 is 0 Å². The maximum atomic E-state index is 12.1. The van der Waals surface area contributed by atoms with E-state index in [1.54, 1.807) is 14.0 Å². The van der Waals surface area contributed by atoms with E-state index in [-0.39, 0.29) is 5.91 Å². The first-order chi connectivity index (χ1) is 8.52. The molecule has 1 aliphatic heterocycles. The Hall–Kier alpha value is -1.88. The zero-order valence-electron chi connectivity index (χ0n) is 10.4. The highest BCUT2D eigenvalue weighted by Gasteiger charge is 2.41. The predicted octanol–water partition coefficient (Wildman–Crippen LogP) is 0.676. The Morgan fingerprint density at radius 2 is 1.78 bits per heavy atom. The fourth-order valence-corrected chi connectivity index (χ4v) is 2.05. The van der Waals surface area contributed by atoms with Crippen molar-refractivity contribution in [2.75, 3.05) is 7.05 Å². The first kappa shape index (κ1) is 12.6. The number of nitrogens with zero attached hydrogens (tertiary/aromatic N) is 2. The van der Waals surface area contributed by atoms with Crippen molar-refractivity contribution in [2.45, 2.75) is 25.4 Å². The summed E-state index contributed by atoms with van der Waals surface area (Å²) in [5.74, 6) is -0.688. The standard InChI is InChI=1S/C13H16N2O3/c1-9-12(16)15(18)11(13(17)14(9)2)8-10-6-4-3-5-7-10/h3-7,9,11,18H,8H2,1-2H3. The van der Waals surface area contributed by atoms with Crippen molar-refractivity contribution >= 4 is 11.8 Å². The Kier molecular flexibility index (Phi) is 3.34. The molecule has 0 aliphatic carbocycles. The van der Waals surface area contributed by atoms with Crippen LogP contribution in [0.25, 0.3) is 0 Å². The van der Waals surface area contributed by atoms with Crippen molar-refractivity contribution in [2.24, 2.45) is 0 Å². The van der Waals surface area contributed by atoms with Crippen LogP contribution in [0, 0.1) is 0 Å². The van der Waals surface area contributed by atoms with E-state index in [1.807, 2.05) is 30.3 Å². The minimum absolute atomic E-state index is 0.242. The summed E-state index contributed by atoms with van der Waals surface area (Å²) in [5.41, 5.74) is 0.908. The first-order valence-electron chi connectivity index (χ1n) is 5.85. The summed E-state index contributed by atoms with van der Waals surface area (Å²) in [6, 6.07) is 7.88. The lowest BCUT2D eigenvalue weighted by atomic mass is 10.0. The molecule has 2 unspecified atom stereocenters. The van der Waals surface area contributed by atoms with E-state index in [9.17, 15) is 14.8 Å². The summed E-state index contributed by atoms with van der Waals surface area (Å²) in [6.07, 6.45) is 0.318. The molecule has 5 nitrogen and oxygen atoms in total. The van der Waals surface area contributed by atoms with E-state index in [0.717, 1.165) is 5.56 Å². The minimum Gasteiger partial charge on any atom is -0.332 e. The Morgan fingerprint density at radius 1 is 1.17 bits per heavy atom. The monoisotopic (exact) mass is 248 g/mol. The second-order valence-electron chi connectivity index (χ2n) is 4.51. The van der Waals surface area contributed by atoms with Gasteiger partial charge < -0.3 is 4.90 Å². The molecule has 1 heterocycles. The Labute approximate surface area is 106 Å². The minimum atomic E-state index is -0.832. The molecular formula is C13H16N2O3. The van der Waals surface area contributed by atoms with Crippen LogP contribution in [0.5, 0.6) is 0 Å². The highest BCUT2D eigenvalue weighted by Crippen LogP contribution is 2.18. The van der Waals surface area contributed by atoms with Gasteiger partial charge in [-0.05, 0) is 12.5 Å². The average molecular weight is 248 g/mol. The van der Waals surface area contributed by atoms with Gasteiger partial charge in [0.1, 0.15) is 12.1 Å². The van der Waals surface area contributed by atoms with Gasteiger partial charge >= 0.3 is 0 Å². The summed E-state index contributed by atoms with van der Waals surface area (Å²) in [6.45, 7) is 1.60. The van der Waals surface area contributed by atoms with Crippen LogP contribution in [0.4, 0.5) is 0 Å². The molecule has 0 spiro atoms. The topological polar surface area (TPSA) is 60.9 Å². The third-order valence-corrected chi connectivity index (χ3v) is 3.36. The molecule has 5 heteroatoms. The van der Waals surface area contributed by atoms with Crippen molar-refractivity contribution in [3.8, 4) is 0 Å². The number of amides is 2. The van der Waals surface area contributed by atoms with Crippen molar-refractivity contribution < 1.29 is 14.8 Å². The summed E-state index contributed by atoms with van der Waals surface area (Å²) < 4.78 is 0. The molecule has 0 aromatic heterocycles. The van der Waals surface area contributed by atoms with Crippen LogP contribution in [0.2, 0.25) is 0 Å². The molecule has 2 amide bonds. The molecule has 1 aliphatic rings. The molecule has 1 aromatic rings. The quantitative estimate of drug-likeness (QED) is 0.783. The molecule has 0 saturated carbocycles. The smallest absolute Gasteiger partial charge is 0.269 e. The van der Waals surface area contributed by atoms with Gasteiger partial charge in [0.15, 0.2) is 0 Å². The van der Waals surface area contributed by atoms with Gasteiger partial charge in [-0.25, -0.2) is 5.06 Å². The van der Waals surface area contributed by atoms with Gasteiger partial charge in [-0.15, -0.1) is 0 Å². The molecule has 1 N–H and O–H groups in total. The first-order valence-corrected chi connectivity index (χ1v) is 5.85. The highest BCUT2D eigenvalue weighted by atomic mass is 16.5. The van der Waals surface area contributed by atoms with Crippen LogP contribution in [0.15, 0.2) is 30.3 Å². The van der Waals surface area contributed by atoms with Gasteiger partial charge in [0.05, 0.1) is 0 Å². The van der Waals surface area contributed by atoms with Crippen molar-refractivity contribution in [1.29, 1.82) is 0 Å². The van der Waals surface area contributed by atoms with Crippen molar-refractivity contribution in [1.82, 2.24) is 9.96 Å². The van der Waals surface area contributed by atoms with Gasteiger partial charge in [0.25, 0.3) is 5.91 Å². The number of rotatable bonds is 2. The van der Waals surface area contributed by atoms with Gasteiger partial charge in [-0.3, -0.25) is 14.8 Å². The SMILES string of the molecule is CC1C(=O)N(O)C(Cc2ccccc2)C(=O)N1C.